The van der Waals surface area contributed by atoms with Crippen molar-refractivity contribution in [3.05, 3.63) is 52.0 Å². The smallest absolute Gasteiger partial charge is 0.187 e. The molecule has 0 radical (unpaired) electrons. The van der Waals surface area contributed by atoms with Crippen LogP contribution < -0.4 is 5.73 Å². The zero-order chi connectivity index (χ0) is 19.8. The van der Waals surface area contributed by atoms with E-state index in [2.05, 4.69) is 25.9 Å². The minimum atomic E-state index is -1.55. The molecule has 4 atom stereocenters. The molecule has 2 aromatic rings. The summed E-state index contributed by atoms with van der Waals surface area (Å²) in [5.74, 6) is -0.444. The van der Waals surface area contributed by atoms with Crippen molar-refractivity contribution in [2.24, 2.45) is 0 Å². The maximum Gasteiger partial charge on any atom is 0.187 e. The number of carbonyl (C=O) groups excluding carboxylic acids is 1. The van der Waals surface area contributed by atoms with Crippen LogP contribution in [0.5, 0.6) is 0 Å². The third-order valence-corrected chi connectivity index (χ3v) is 5.70. The van der Waals surface area contributed by atoms with Crippen LogP contribution in [0.15, 0.2) is 35.2 Å². The Labute approximate surface area is 165 Å². The monoisotopic (exact) mass is 435 g/mol. The second-order valence-corrected chi connectivity index (χ2v) is 7.98. The first-order valence-corrected chi connectivity index (χ1v) is 9.46. The van der Waals surface area contributed by atoms with Gasteiger partial charge in [0, 0.05) is 18.8 Å². The van der Waals surface area contributed by atoms with Crippen molar-refractivity contribution in [3.8, 4) is 0 Å². The Kier molecular flexibility index (Phi) is 5.62. The van der Waals surface area contributed by atoms with Crippen molar-refractivity contribution in [2.45, 2.75) is 49.9 Å². The van der Waals surface area contributed by atoms with Crippen LogP contribution in [0.3, 0.4) is 0 Å². The van der Waals surface area contributed by atoms with Gasteiger partial charge in [-0.2, -0.15) is 0 Å². The van der Waals surface area contributed by atoms with Crippen LogP contribution in [-0.2, 0) is 6.42 Å². The lowest BCUT2D eigenvalue weighted by Gasteiger charge is -2.42. The van der Waals surface area contributed by atoms with Gasteiger partial charge in [0.1, 0.15) is 15.9 Å². The normalized spacial score (nSPS) is 28.1. The zero-order valence-corrected chi connectivity index (χ0v) is 16.4. The van der Waals surface area contributed by atoms with Crippen molar-refractivity contribution < 1.29 is 20.1 Å². The first kappa shape index (κ1) is 19.9. The Hall–Kier alpha value is -1.87. The van der Waals surface area contributed by atoms with E-state index < -0.39 is 17.8 Å². The SMILES string of the molecule is CC1(O)[C@H](O)CC(c2ccncc2CC(=O)c2nc(Br)ccc2N)C[C@@H]1O. The number of hydrogen-bond donors (Lipinski definition) is 4. The predicted octanol–water partition coefficient (Wildman–Crippen LogP) is 1.60. The number of nitrogens with zero attached hydrogens (tertiary/aromatic N) is 2. The number of nitrogens with two attached hydrogens (primary N) is 1. The van der Waals surface area contributed by atoms with Gasteiger partial charge in [0.25, 0.3) is 0 Å². The maximum atomic E-state index is 12.7. The summed E-state index contributed by atoms with van der Waals surface area (Å²) in [7, 11) is 0. The number of halogens is 1. The Morgan fingerprint density at radius 3 is 2.63 bits per heavy atom. The summed E-state index contributed by atoms with van der Waals surface area (Å²) >= 11 is 3.24. The Morgan fingerprint density at radius 2 is 1.96 bits per heavy atom. The van der Waals surface area contributed by atoms with Crippen LogP contribution in [-0.4, -0.2) is 48.9 Å². The number of carbonyl (C=O) groups is 1. The highest BCUT2D eigenvalue weighted by atomic mass is 79.9. The number of pyridine rings is 2. The molecule has 1 aliphatic carbocycles. The molecule has 2 aromatic heterocycles. The number of hydrogen-bond acceptors (Lipinski definition) is 7. The highest BCUT2D eigenvalue weighted by Crippen LogP contribution is 2.39. The van der Waals surface area contributed by atoms with E-state index in [4.69, 9.17) is 5.73 Å². The number of aliphatic hydroxyl groups excluding tert-OH is 2. The molecule has 27 heavy (non-hydrogen) atoms. The van der Waals surface area contributed by atoms with E-state index in [1.807, 2.05) is 0 Å². The predicted molar refractivity (Wildman–Crippen MR) is 103 cm³/mol. The molecule has 8 heteroatoms. The third-order valence-electron chi connectivity index (χ3n) is 5.25. The van der Waals surface area contributed by atoms with Gasteiger partial charge in [-0.05, 0) is 70.9 Å². The average Bonchev–Trinajstić information content (AvgIpc) is 2.62. The van der Waals surface area contributed by atoms with Crippen molar-refractivity contribution >= 4 is 27.4 Å². The van der Waals surface area contributed by atoms with Crippen LogP contribution in [0.2, 0.25) is 0 Å². The summed E-state index contributed by atoms with van der Waals surface area (Å²) in [6.45, 7) is 1.43. The number of aromatic nitrogens is 2. The van der Waals surface area contributed by atoms with Crippen molar-refractivity contribution in [1.29, 1.82) is 0 Å². The molecule has 1 aliphatic rings. The van der Waals surface area contributed by atoms with Gasteiger partial charge in [-0.25, -0.2) is 4.98 Å². The topological polar surface area (TPSA) is 130 Å². The molecular formula is C19H22BrN3O4. The van der Waals surface area contributed by atoms with Gasteiger partial charge in [-0.1, -0.05) is 0 Å². The van der Waals surface area contributed by atoms with Crippen molar-refractivity contribution in [1.82, 2.24) is 9.97 Å². The van der Waals surface area contributed by atoms with E-state index >= 15 is 0 Å². The van der Waals surface area contributed by atoms with Crippen LogP contribution in [0.25, 0.3) is 0 Å². The number of rotatable bonds is 4. The maximum absolute atomic E-state index is 12.7. The van der Waals surface area contributed by atoms with E-state index in [0.29, 0.717) is 15.9 Å². The van der Waals surface area contributed by atoms with Crippen LogP contribution >= 0.6 is 15.9 Å². The summed E-state index contributed by atoms with van der Waals surface area (Å²) < 4.78 is 0.521. The summed E-state index contributed by atoms with van der Waals surface area (Å²) in [4.78, 5) is 21.0. The standard InChI is InChI=1S/C19H22BrN3O4/c1-19(27)15(25)7-10(8-16(19)26)12-4-5-22-9-11(12)6-14(24)18-13(21)2-3-17(20)23-18/h2-5,9-10,15-16,25-27H,6-8,21H2,1H3/t10?,15-,16+,19?. The molecule has 144 valence electrons. The molecule has 3 rings (SSSR count). The van der Waals surface area contributed by atoms with Crippen LogP contribution in [0.1, 0.15) is 47.3 Å². The average molecular weight is 436 g/mol. The molecule has 1 saturated carbocycles. The van der Waals surface area contributed by atoms with Crippen LogP contribution in [0, 0.1) is 0 Å². The first-order valence-electron chi connectivity index (χ1n) is 8.66. The molecule has 7 nitrogen and oxygen atoms in total. The quantitative estimate of drug-likeness (QED) is 0.423. The van der Waals surface area contributed by atoms with E-state index in [9.17, 15) is 20.1 Å². The molecule has 0 bridgehead atoms. The summed E-state index contributed by atoms with van der Waals surface area (Å²) in [6, 6.07) is 5.06. The number of Topliss-reactive ketones (excluding diaryl/α,β-unsaturated/α-hetero) is 1. The number of nitrogen functional groups attached to an aromatic ring is 1. The fraction of sp³-hybridized carbons (Fsp3) is 0.421. The van der Waals surface area contributed by atoms with Gasteiger partial charge in [0.15, 0.2) is 5.78 Å². The van der Waals surface area contributed by atoms with E-state index in [0.717, 1.165) is 5.56 Å². The molecule has 0 aliphatic heterocycles. The lowest BCUT2D eigenvalue weighted by Crippen LogP contribution is -2.54. The Balaban J connectivity index is 1.87. The van der Waals surface area contributed by atoms with Crippen molar-refractivity contribution in [2.75, 3.05) is 5.73 Å². The van der Waals surface area contributed by atoms with Gasteiger partial charge in [-0.3, -0.25) is 9.78 Å². The second kappa shape index (κ2) is 7.63. The lowest BCUT2D eigenvalue weighted by molar-refractivity contribution is -0.160. The fourth-order valence-electron chi connectivity index (χ4n) is 3.50. The summed E-state index contributed by atoms with van der Waals surface area (Å²) in [5, 5.41) is 30.7. The molecule has 2 unspecified atom stereocenters. The third kappa shape index (κ3) is 4.03. The summed E-state index contributed by atoms with van der Waals surface area (Å²) in [5.41, 5.74) is 6.32. The second-order valence-electron chi connectivity index (χ2n) is 7.17. The molecule has 1 fully saturated rings. The van der Waals surface area contributed by atoms with E-state index in [-0.39, 0.29) is 36.7 Å². The van der Waals surface area contributed by atoms with Gasteiger partial charge >= 0.3 is 0 Å². The number of ketones is 1. The van der Waals surface area contributed by atoms with E-state index in [1.54, 1.807) is 30.6 Å². The number of anilines is 1. The largest absolute Gasteiger partial charge is 0.397 e. The van der Waals surface area contributed by atoms with E-state index in [1.165, 1.54) is 6.92 Å². The molecular weight excluding hydrogens is 414 g/mol. The van der Waals surface area contributed by atoms with Gasteiger partial charge in [0.05, 0.1) is 17.9 Å². The first-order chi connectivity index (χ1) is 12.7. The minimum Gasteiger partial charge on any atom is -0.397 e. The van der Waals surface area contributed by atoms with Crippen LogP contribution in [0.4, 0.5) is 5.69 Å². The van der Waals surface area contributed by atoms with Gasteiger partial charge in [-0.15, -0.1) is 0 Å². The molecule has 2 heterocycles. The lowest BCUT2D eigenvalue weighted by atomic mass is 9.72. The molecule has 0 saturated heterocycles. The molecule has 5 N–H and O–H groups in total. The fourth-order valence-corrected chi connectivity index (χ4v) is 3.81. The molecule has 0 amide bonds. The van der Waals surface area contributed by atoms with Crippen molar-refractivity contribution in [3.63, 3.8) is 0 Å². The zero-order valence-electron chi connectivity index (χ0n) is 14.8. The van der Waals surface area contributed by atoms with Gasteiger partial charge < -0.3 is 21.1 Å². The molecule has 0 aromatic carbocycles. The highest BCUT2D eigenvalue weighted by molar-refractivity contribution is 9.10. The number of aliphatic hydroxyl groups is 3. The highest BCUT2D eigenvalue weighted by Gasteiger charge is 2.45. The molecule has 0 spiro atoms. The summed E-state index contributed by atoms with van der Waals surface area (Å²) in [6.07, 6.45) is 1.71. The minimum absolute atomic E-state index is 0.0515. The Morgan fingerprint density at radius 1 is 1.30 bits per heavy atom. The Bertz CT molecular complexity index is 845. The van der Waals surface area contributed by atoms with Gasteiger partial charge in [0.2, 0.25) is 0 Å².